The summed E-state index contributed by atoms with van der Waals surface area (Å²) >= 11 is 0. The van der Waals surface area contributed by atoms with Crippen LogP contribution in [-0.4, -0.2) is 10.9 Å². The van der Waals surface area contributed by atoms with Crippen LogP contribution in [0.2, 0.25) is 0 Å². The van der Waals surface area contributed by atoms with E-state index in [1.54, 1.807) is 6.08 Å². The van der Waals surface area contributed by atoms with Gasteiger partial charge in [-0.05, 0) is 30.0 Å². The van der Waals surface area contributed by atoms with Crippen LogP contribution in [0.1, 0.15) is 62.2 Å². The number of ketones is 1. The van der Waals surface area contributed by atoms with Crippen LogP contribution in [0.3, 0.4) is 0 Å². The smallest absolute Gasteiger partial charge is 0.163 e. The number of carbonyl (C=O) groups is 1. The molecule has 1 aliphatic rings. The maximum atomic E-state index is 11.6. The van der Waals surface area contributed by atoms with Gasteiger partial charge in [0.15, 0.2) is 5.78 Å². The summed E-state index contributed by atoms with van der Waals surface area (Å²) in [6.45, 7) is 2.16. The minimum Gasteiger partial charge on any atom is -0.388 e. The Bertz CT molecular complexity index is 445. The van der Waals surface area contributed by atoms with Gasteiger partial charge >= 0.3 is 0 Å². The number of rotatable bonds is 6. The molecule has 0 bridgehead atoms. The van der Waals surface area contributed by atoms with Crippen molar-refractivity contribution in [1.29, 1.82) is 0 Å². The van der Waals surface area contributed by atoms with E-state index in [-0.39, 0.29) is 17.8 Å². The fraction of sp³-hybridized carbons (Fsp3) is 0.471. The van der Waals surface area contributed by atoms with Gasteiger partial charge in [0, 0.05) is 0 Å². The van der Waals surface area contributed by atoms with Gasteiger partial charge in [-0.25, -0.2) is 0 Å². The number of allylic oxidation sites excluding steroid dienone is 2. The first-order valence-corrected chi connectivity index (χ1v) is 7.20. The molecule has 0 aromatic heterocycles. The van der Waals surface area contributed by atoms with Crippen molar-refractivity contribution in [2.24, 2.45) is 0 Å². The molecule has 0 saturated carbocycles. The number of benzene rings is 1. The van der Waals surface area contributed by atoms with Crippen LogP contribution in [0.15, 0.2) is 36.4 Å². The Kier molecular flexibility index (Phi) is 4.92. The fourth-order valence-electron chi connectivity index (χ4n) is 2.56. The highest BCUT2D eigenvalue weighted by molar-refractivity contribution is 5.97. The Balaban J connectivity index is 1.96. The van der Waals surface area contributed by atoms with E-state index in [4.69, 9.17) is 0 Å². The zero-order valence-electron chi connectivity index (χ0n) is 11.5. The van der Waals surface area contributed by atoms with Gasteiger partial charge in [-0.15, -0.1) is 0 Å². The highest BCUT2D eigenvalue weighted by Crippen LogP contribution is 2.28. The molecule has 0 heterocycles. The Morgan fingerprint density at radius 1 is 1.26 bits per heavy atom. The van der Waals surface area contributed by atoms with Gasteiger partial charge in [0.25, 0.3) is 0 Å². The van der Waals surface area contributed by atoms with E-state index in [0.29, 0.717) is 0 Å². The lowest BCUT2D eigenvalue weighted by molar-refractivity contribution is -0.115. The van der Waals surface area contributed by atoms with E-state index in [1.807, 2.05) is 30.3 Å². The molecule has 19 heavy (non-hydrogen) atoms. The van der Waals surface area contributed by atoms with Crippen molar-refractivity contribution in [3.63, 3.8) is 0 Å². The van der Waals surface area contributed by atoms with Crippen LogP contribution in [0.4, 0.5) is 0 Å². The Hall–Kier alpha value is -1.41. The van der Waals surface area contributed by atoms with Gasteiger partial charge < -0.3 is 5.11 Å². The molecule has 0 saturated heterocycles. The average molecular weight is 258 g/mol. The molecular formula is C17H22O2. The van der Waals surface area contributed by atoms with Crippen LogP contribution in [-0.2, 0) is 4.79 Å². The van der Waals surface area contributed by atoms with Crippen molar-refractivity contribution in [1.82, 2.24) is 0 Å². The molecular weight excluding hydrogens is 236 g/mol. The maximum Gasteiger partial charge on any atom is 0.163 e. The molecule has 0 aliphatic heterocycles. The van der Waals surface area contributed by atoms with Crippen LogP contribution >= 0.6 is 0 Å². The number of carbonyl (C=O) groups excluding carboxylic acids is 1. The molecule has 2 rings (SSSR count). The second-order valence-corrected chi connectivity index (χ2v) is 5.27. The van der Waals surface area contributed by atoms with Crippen LogP contribution in [0.5, 0.6) is 0 Å². The Morgan fingerprint density at radius 3 is 2.58 bits per heavy atom. The molecule has 0 fully saturated rings. The molecule has 0 radical (unpaired) electrons. The van der Waals surface area contributed by atoms with Crippen molar-refractivity contribution < 1.29 is 9.90 Å². The van der Waals surface area contributed by atoms with Gasteiger partial charge in [0.1, 0.15) is 0 Å². The first-order valence-electron chi connectivity index (χ1n) is 7.20. The number of aliphatic hydroxyl groups is 1. The topological polar surface area (TPSA) is 37.3 Å². The zero-order chi connectivity index (χ0) is 13.7. The number of unbranched alkanes of at least 4 members (excludes halogenated alkanes) is 2. The maximum absolute atomic E-state index is 11.6. The Labute approximate surface area is 115 Å². The van der Waals surface area contributed by atoms with E-state index >= 15 is 0 Å². The third kappa shape index (κ3) is 3.54. The standard InChI is InChI=1S/C17H22O2/c1-2-3-4-7-16(18)14-11-9-13(10-12-14)15-6-5-8-17(15)19/h5,8-12,15-16,18H,2-4,6-7H2,1H3. The number of hydrogen-bond donors (Lipinski definition) is 1. The molecule has 2 atom stereocenters. The average Bonchev–Trinajstić information content (AvgIpc) is 2.85. The van der Waals surface area contributed by atoms with Crippen molar-refractivity contribution in [2.45, 2.75) is 51.0 Å². The van der Waals surface area contributed by atoms with Crippen molar-refractivity contribution in [3.8, 4) is 0 Å². The molecule has 2 nitrogen and oxygen atoms in total. The van der Waals surface area contributed by atoms with Gasteiger partial charge in [0.2, 0.25) is 0 Å². The molecule has 2 unspecified atom stereocenters. The van der Waals surface area contributed by atoms with E-state index in [0.717, 1.165) is 36.8 Å². The van der Waals surface area contributed by atoms with Gasteiger partial charge in [-0.1, -0.05) is 56.5 Å². The van der Waals surface area contributed by atoms with Crippen molar-refractivity contribution >= 4 is 5.78 Å². The van der Waals surface area contributed by atoms with Crippen LogP contribution < -0.4 is 0 Å². The highest BCUT2D eigenvalue weighted by Gasteiger charge is 2.21. The molecule has 0 spiro atoms. The normalized spacial score (nSPS) is 19.9. The number of hydrogen-bond acceptors (Lipinski definition) is 2. The summed E-state index contributed by atoms with van der Waals surface area (Å²) in [7, 11) is 0. The molecule has 1 aliphatic carbocycles. The lowest BCUT2D eigenvalue weighted by atomic mass is 9.93. The van der Waals surface area contributed by atoms with Crippen LogP contribution in [0, 0.1) is 0 Å². The van der Waals surface area contributed by atoms with E-state index in [1.165, 1.54) is 6.42 Å². The molecule has 102 valence electrons. The van der Waals surface area contributed by atoms with E-state index in [9.17, 15) is 9.90 Å². The van der Waals surface area contributed by atoms with E-state index in [2.05, 4.69) is 6.92 Å². The molecule has 2 heteroatoms. The minimum atomic E-state index is -0.377. The van der Waals surface area contributed by atoms with Crippen molar-refractivity contribution in [2.75, 3.05) is 0 Å². The Morgan fingerprint density at radius 2 is 2.00 bits per heavy atom. The number of aliphatic hydroxyl groups excluding tert-OH is 1. The van der Waals surface area contributed by atoms with Gasteiger partial charge in [-0.3, -0.25) is 4.79 Å². The lowest BCUT2D eigenvalue weighted by Crippen LogP contribution is -2.05. The predicted molar refractivity (Wildman–Crippen MR) is 77.0 cm³/mol. The molecule has 1 N–H and O–H groups in total. The highest BCUT2D eigenvalue weighted by atomic mass is 16.3. The molecule has 0 amide bonds. The quantitative estimate of drug-likeness (QED) is 0.785. The fourth-order valence-corrected chi connectivity index (χ4v) is 2.56. The predicted octanol–water partition coefficient (Wildman–Crippen LogP) is 3.91. The monoisotopic (exact) mass is 258 g/mol. The molecule has 1 aromatic carbocycles. The zero-order valence-corrected chi connectivity index (χ0v) is 11.5. The summed E-state index contributed by atoms with van der Waals surface area (Å²) in [5.74, 6) is 0.183. The summed E-state index contributed by atoms with van der Waals surface area (Å²) in [6.07, 6.45) is 8.23. The van der Waals surface area contributed by atoms with E-state index < -0.39 is 0 Å². The molecule has 1 aromatic rings. The second kappa shape index (κ2) is 6.67. The van der Waals surface area contributed by atoms with Crippen molar-refractivity contribution in [3.05, 3.63) is 47.5 Å². The summed E-state index contributed by atoms with van der Waals surface area (Å²) < 4.78 is 0. The second-order valence-electron chi connectivity index (χ2n) is 5.27. The SMILES string of the molecule is CCCCCC(O)c1ccc(C2CC=CC2=O)cc1. The third-order valence-corrected chi connectivity index (χ3v) is 3.80. The van der Waals surface area contributed by atoms with Gasteiger partial charge in [0.05, 0.1) is 12.0 Å². The third-order valence-electron chi connectivity index (χ3n) is 3.80. The van der Waals surface area contributed by atoms with Crippen LogP contribution in [0.25, 0.3) is 0 Å². The minimum absolute atomic E-state index is 0.00807. The first-order chi connectivity index (χ1) is 9.22. The summed E-state index contributed by atoms with van der Waals surface area (Å²) in [6, 6.07) is 7.87. The summed E-state index contributed by atoms with van der Waals surface area (Å²) in [5.41, 5.74) is 2.01. The largest absolute Gasteiger partial charge is 0.388 e. The summed E-state index contributed by atoms with van der Waals surface area (Å²) in [5, 5.41) is 10.1. The first kappa shape index (κ1) is 14.0. The van der Waals surface area contributed by atoms with Gasteiger partial charge in [-0.2, -0.15) is 0 Å². The summed E-state index contributed by atoms with van der Waals surface area (Å²) in [4.78, 5) is 11.6. The lowest BCUT2D eigenvalue weighted by Gasteiger charge is -2.13.